The Morgan fingerprint density at radius 1 is 1.09 bits per heavy atom. The molecule has 1 N–H and O–H groups in total. The van der Waals surface area contributed by atoms with E-state index in [0.29, 0.717) is 23.8 Å². The Hall–Kier alpha value is -2.60. The first-order chi connectivity index (χ1) is 10.9. The highest BCUT2D eigenvalue weighted by atomic mass is 19.1. The summed E-state index contributed by atoms with van der Waals surface area (Å²) in [7, 11) is 3.20. The second kappa shape index (κ2) is 7.11. The van der Waals surface area contributed by atoms with E-state index in [0.717, 1.165) is 0 Å². The third-order valence-corrected chi connectivity index (χ3v) is 3.29. The number of rotatable bonds is 6. The molecule has 0 heterocycles. The fraction of sp³-hybridized carbons (Fsp3) is 0.235. The number of halogens is 1. The highest BCUT2D eigenvalue weighted by Crippen LogP contribution is 2.24. The zero-order chi connectivity index (χ0) is 16.9. The Kier molecular flexibility index (Phi) is 5.18. The van der Waals surface area contributed by atoms with Crippen LogP contribution in [0.25, 0.3) is 0 Å². The van der Waals surface area contributed by atoms with Crippen LogP contribution in [0.5, 0.6) is 17.2 Å². The van der Waals surface area contributed by atoms with Crippen molar-refractivity contribution in [2.24, 2.45) is 0 Å². The SMILES string of the molecule is C[N+](C)(CCOc1ccc(Oc2cccc(F)c2)cc1)C(=O)O. The summed E-state index contributed by atoms with van der Waals surface area (Å²) < 4.78 is 24.0. The van der Waals surface area contributed by atoms with Crippen molar-refractivity contribution in [3.63, 3.8) is 0 Å². The molecule has 0 saturated carbocycles. The Balaban J connectivity index is 1.88. The van der Waals surface area contributed by atoms with Crippen LogP contribution < -0.4 is 9.47 Å². The molecule has 0 spiro atoms. The number of quaternary nitrogens is 1. The number of carbonyl (C=O) groups is 1. The van der Waals surface area contributed by atoms with Gasteiger partial charge in [0.25, 0.3) is 0 Å². The standard InChI is InChI=1S/C17H18FNO4/c1-19(2,17(20)21)10-11-22-14-6-8-15(9-7-14)23-16-5-3-4-13(18)12-16/h3-9,12H,10-11H2,1-2H3/p+1. The largest absolute Gasteiger partial charge is 0.513 e. The monoisotopic (exact) mass is 320 g/mol. The van der Waals surface area contributed by atoms with Gasteiger partial charge in [-0.3, -0.25) is 0 Å². The molecule has 0 aliphatic carbocycles. The van der Waals surface area contributed by atoms with E-state index in [4.69, 9.17) is 14.6 Å². The Morgan fingerprint density at radius 2 is 1.74 bits per heavy atom. The van der Waals surface area contributed by atoms with Gasteiger partial charge in [-0.2, -0.15) is 4.79 Å². The van der Waals surface area contributed by atoms with Gasteiger partial charge in [0.05, 0.1) is 14.1 Å². The van der Waals surface area contributed by atoms with Gasteiger partial charge in [0, 0.05) is 6.07 Å². The molecule has 122 valence electrons. The maximum Gasteiger partial charge on any atom is 0.513 e. The summed E-state index contributed by atoms with van der Waals surface area (Å²) in [6.07, 6.45) is -0.910. The fourth-order valence-corrected chi connectivity index (χ4v) is 1.76. The molecule has 23 heavy (non-hydrogen) atoms. The summed E-state index contributed by atoms with van der Waals surface area (Å²) in [6.45, 7) is 0.625. The smallest absolute Gasteiger partial charge is 0.488 e. The van der Waals surface area contributed by atoms with Crippen molar-refractivity contribution in [1.29, 1.82) is 0 Å². The minimum absolute atomic E-state index is 0.166. The maximum absolute atomic E-state index is 13.1. The van der Waals surface area contributed by atoms with Gasteiger partial charge < -0.3 is 14.6 Å². The van der Waals surface area contributed by atoms with Gasteiger partial charge >= 0.3 is 6.09 Å². The summed E-state index contributed by atoms with van der Waals surface area (Å²) in [5.41, 5.74) is 0. The van der Waals surface area contributed by atoms with Crippen molar-refractivity contribution < 1.29 is 28.2 Å². The van der Waals surface area contributed by atoms with Crippen molar-refractivity contribution >= 4 is 6.09 Å². The number of carboxylic acid groups (broad SMARTS) is 1. The predicted molar refractivity (Wildman–Crippen MR) is 83.4 cm³/mol. The number of ether oxygens (including phenoxy) is 2. The van der Waals surface area contributed by atoms with Crippen LogP contribution in [-0.4, -0.2) is 42.9 Å². The molecule has 0 bridgehead atoms. The van der Waals surface area contributed by atoms with E-state index in [1.54, 1.807) is 50.5 Å². The molecular weight excluding hydrogens is 301 g/mol. The van der Waals surface area contributed by atoms with Crippen molar-refractivity contribution in [3.8, 4) is 17.2 Å². The second-order valence-electron chi connectivity index (χ2n) is 5.57. The molecule has 0 saturated heterocycles. The van der Waals surface area contributed by atoms with E-state index < -0.39 is 6.09 Å². The number of nitrogens with zero attached hydrogens (tertiary/aromatic N) is 1. The summed E-state index contributed by atoms with van der Waals surface area (Å²) in [6, 6.07) is 12.7. The summed E-state index contributed by atoms with van der Waals surface area (Å²) in [4.78, 5) is 11.0. The molecule has 2 rings (SSSR count). The Labute approximate surface area is 134 Å². The molecule has 1 amide bonds. The van der Waals surface area contributed by atoms with Crippen molar-refractivity contribution in [3.05, 3.63) is 54.3 Å². The Morgan fingerprint density at radius 3 is 2.35 bits per heavy atom. The number of hydrogen-bond acceptors (Lipinski definition) is 3. The summed E-state index contributed by atoms with van der Waals surface area (Å²) in [5, 5.41) is 9.01. The average Bonchev–Trinajstić information content (AvgIpc) is 2.49. The second-order valence-corrected chi connectivity index (χ2v) is 5.57. The molecule has 5 nitrogen and oxygen atoms in total. The van der Waals surface area contributed by atoms with Gasteiger partial charge in [0.1, 0.15) is 36.2 Å². The van der Waals surface area contributed by atoms with Gasteiger partial charge in [-0.25, -0.2) is 8.87 Å². The quantitative estimate of drug-likeness (QED) is 0.824. The van der Waals surface area contributed by atoms with E-state index in [1.807, 2.05) is 0 Å². The van der Waals surface area contributed by atoms with Gasteiger partial charge in [-0.1, -0.05) is 6.07 Å². The predicted octanol–water partition coefficient (Wildman–Crippen LogP) is 3.75. The van der Waals surface area contributed by atoms with Gasteiger partial charge in [-0.05, 0) is 36.4 Å². The average molecular weight is 320 g/mol. The lowest BCUT2D eigenvalue weighted by atomic mass is 10.3. The van der Waals surface area contributed by atoms with Crippen LogP contribution in [0.1, 0.15) is 0 Å². The third-order valence-electron chi connectivity index (χ3n) is 3.29. The maximum atomic E-state index is 13.1. The first kappa shape index (κ1) is 16.8. The molecule has 2 aromatic carbocycles. The molecule has 0 unspecified atom stereocenters. The van der Waals surface area contributed by atoms with E-state index in [9.17, 15) is 9.18 Å². The van der Waals surface area contributed by atoms with Crippen LogP contribution in [0.2, 0.25) is 0 Å². The number of amides is 1. The van der Waals surface area contributed by atoms with E-state index in [-0.39, 0.29) is 16.9 Å². The van der Waals surface area contributed by atoms with Gasteiger partial charge in [0.15, 0.2) is 0 Å². The zero-order valence-corrected chi connectivity index (χ0v) is 13.0. The summed E-state index contributed by atoms with van der Waals surface area (Å²) in [5.74, 6) is 1.23. The van der Waals surface area contributed by atoms with Crippen LogP contribution >= 0.6 is 0 Å². The topological polar surface area (TPSA) is 55.8 Å². The first-order valence-corrected chi connectivity index (χ1v) is 7.09. The van der Waals surface area contributed by atoms with Crippen LogP contribution in [0.4, 0.5) is 9.18 Å². The number of hydrogen-bond donors (Lipinski definition) is 1. The lowest BCUT2D eigenvalue weighted by molar-refractivity contribution is -0.816. The lowest BCUT2D eigenvalue weighted by Gasteiger charge is -2.22. The van der Waals surface area contributed by atoms with Crippen LogP contribution in [0.3, 0.4) is 0 Å². The van der Waals surface area contributed by atoms with Gasteiger partial charge in [0.2, 0.25) is 0 Å². The van der Waals surface area contributed by atoms with Crippen molar-refractivity contribution in [2.75, 3.05) is 27.2 Å². The lowest BCUT2D eigenvalue weighted by Crippen LogP contribution is -2.47. The molecule has 0 aromatic heterocycles. The minimum Gasteiger partial charge on any atom is -0.488 e. The van der Waals surface area contributed by atoms with Gasteiger partial charge in [-0.15, -0.1) is 0 Å². The molecule has 0 aliphatic heterocycles. The molecular formula is C17H19FNO4+. The highest BCUT2D eigenvalue weighted by molar-refractivity contribution is 5.56. The molecule has 0 fully saturated rings. The van der Waals surface area contributed by atoms with Crippen LogP contribution in [0.15, 0.2) is 48.5 Å². The molecule has 0 aliphatic rings. The first-order valence-electron chi connectivity index (χ1n) is 7.09. The van der Waals surface area contributed by atoms with Crippen molar-refractivity contribution in [1.82, 2.24) is 0 Å². The fourth-order valence-electron chi connectivity index (χ4n) is 1.76. The minimum atomic E-state index is -0.910. The highest BCUT2D eigenvalue weighted by Gasteiger charge is 2.25. The van der Waals surface area contributed by atoms with Crippen molar-refractivity contribution in [2.45, 2.75) is 0 Å². The van der Waals surface area contributed by atoms with E-state index >= 15 is 0 Å². The molecule has 2 aromatic rings. The summed E-state index contributed by atoms with van der Waals surface area (Å²) >= 11 is 0. The van der Waals surface area contributed by atoms with Crippen LogP contribution in [0, 0.1) is 5.82 Å². The van der Waals surface area contributed by atoms with E-state index in [1.165, 1.54) is 12.1 Å². The zero-order valence-electron chi connectivity index (χ0n) is 13.0. The molecule has 0 atom stereocenters. The normalized spacial score (nSPS) is 11.1. The third kappa shape index (κ3) is 4.96. The number of likely N-dealkylation sites (N-methyl/N-ethyl adjacent to an activating group) is 1. The Bertz CT molecular complexity index is 671. The van der Waals surface area contributed by atoms with Crippen LogP contribution in [-0.2, 0) is 0 Å². The van der Waals surface area contributed by atoms with E-state index in [2.05, 4.69) is 0 Å². The number of benzene rings is 2. The molecule has 6 heteroatoms. The molecule has 0 radical (unpaired) electrons.